The van der Waals surface area contributed by atoms with Crippen molar-refractivity contribution in [1.29, 1.82) is 0 Å². The summed E-state index contributed by atoms with van der Waals surface area (Å²) in [6, 6.07) is 17.9. The Labute approximate surface area is 177 Å². The van der Waals surface area contributed by atoms with E-state index in [2.05, 4.69) is 45.6 Å². The summed E-state index contributed by atoms with van der Waals surface area (Å²) in [4.78, 5) is 12.6. The van der Waals surface area contributed by atoms with Crippen molar-refractivity contribution in [2.75, 3.05) is 26.2 Å². The largest absolute Gasteiger partial charge is 0.394 e. The number of nitrogens with zero attached hydrogens (tertiary/aromatic N) is 4. The first-order valence-electron chi connectivity index (χ1n) is 9.95. The fourth-order valence-electron chi connectivity index (χ4n) is 3.08. The second kappa shape index (κ2) is 10.8. The molecule has 3 rings (SSSR count). The summed E-state index contributed by atoms with van der Waals surface area (Å²) in [7, 11) is 0. The lowest BCUT2D eigenvalue weighted by atomic mass is 10.1. The van der Waals surface area contributed by atoms with Crippen molar-refractivity contribution in [1.82, 2.24) is 14.5 Å². The molecule has 6 heteroatoms. The molecule has 3 aromatic rings. The summed E-state index contributed by atoms with van der Waals surface area (Å²) in [6.07, 6.45) is 3.75. The van der Waals surface area contributed by atoms with Crippen molar-refractivity contribution in [2.45, 2.75) is 20.4 Å². The predicted molar refractivity (Wildman–Crippen MR) is 119 cm³/mol. The molecular formula is C23H27ClN4O. The van der Waals surface area contributed by atoms with E-state index in [0.29, 0.717) is 23.9 Å². The van der Waals surface area contributed by atoms with Gasteiger partial charge in [0, 0.05) is 36.1 Å². The maximum atomic E-state index is 6.08. The smallest absolute Gasteiger partial charge is 0.163 e. The van der Waals surface area contributed by atoms with Crippen LogP contribution in [0.15, 0.2) is 72.1 Å². The molecule has 2 aromatic carbocycles. The van der Waals surface area contributed by atoms with E-state index in [1.165, 1.54) is 5.56 Å². The maximum Gasteiger partial charge on any atom is 0.163 e. The standard InChI is InChI=1S/C23H27ClN4O/c1-3-27(4-2)16-17-29-26-22(20-10-12-21(24)13-11-20)23-25-14-15-28(23)18-19-8-6-5-7-9-19/h5-15H,3-4,16-18H2,1-2H3/b26-22+. The molecule has 0 spiro atoms. The second-order valence-electron chi connectivity index (χ2n) is 6.67. The van der Waals surface area contributed by atoms with Crippen LogP contribution in [0.2, 0.25) is 5.02 Å². The Kier molecular flexibility index (Phi) is 7.85. The third-order valence-corrected chi connectivity index (χ3v) is 5.04. The van der Waals surface area contributed by atoms with E-state index in [1.54, 1.807) is 6.20 Å². The van der Waals surface area contributed by atoms with E-state index in [9.17, 15) is 0 Å². The topological polar surface area (TPSA) is 42.6 Å². The Hall–Kier alpha value is -2.63. The molecule has 1 heterocycles. The highest BCUT2D eigenvalue weighted by Crippen LogP contribution is 2.16. The Morgan fingerprint density at radius 3 is 2.48 bits per heavy atom. The molecule has 5 nitrogen and oxygen atoms in total. The van der Waals surface area contributed by atoms with Gasteiger partial charge in [-0.3, -0.25) is 0 Å². The monoisotopic (exact) mass is 410 g/mol. The van der Waals surface area contributed by atoms with Gasteiger partial charge in [0.25, 0.3) is 0 Å². The van der Waals surface area contributed by atoms with E-state index in [0.717, 1.165) is 31.0 Å². The van der Waals surface area contributed by atoms with Crippen LogP contribution < -0.4 is 0 Å². The van der Waals surface area contributed by atoms with Crippen molar-refractivity contribution >= 4 is 17.3 Å². The summed E-state index contributed by atoms with van der Waals surface area (Å²) in [5.41, 5.74) is 2.81. The highest BCUT2D eigenvalue weighted by atomic mass is 35.5. The van der Waals surface area contributed by atoms with Crippen molar-refractivity contribution in [2.24, 2.45) is 5.16 Å². The SMILES string of the molecule is CCN(CC)CCO/N=C(\c1ccc(Cl)cc1)c1nccn1Cc1ccccc1. The van der Waals surface area contributed by atoms with Crippen LogP contribution in [0.4, 0.5) is 0 Å². The minimum absolute atomic E-state index is 0.526. The van der Waals surface area contributed by atoms with Gasteiger partial charge in [0.05, 0.1) is 0 Å². The Morgan fingerprint density at radius 2 is 1.79 bits per heavy atom. The van der Waals surface area contributed by atoms with Crippen molar-refractivity contribution in [3.63, 3.8) is 0 Å². The predicted octanol–water partition coefficient (Wildman–Crippen LogP) is 4.70. The zero-order valence-electron chi connectivity index (χ0n) is 17.0. The maximum absolute atomic E-state index is 6.08. The van der Waals surface area contributed by atoms with E-state index in [1.807, 2.05) is 48.7 Å². The van der Waals surface area contributed by atoms with Crippen LogP contribution in [0.5, 0.6) is 0 Å². The molecule has 0 unspecified atom stereocenters. The molecule has 0 amide bonds. The van der Waals surface area contributed by atoms with Crippen LogP contribution in [0.25, 0.3) is 0 Å². The molecule has 0 radical (unpaired) electrons. The minimum atomic E-state index is 0.526. The number of aromatic nitrogens is 2. The molecule has 152 valence electrons. The first-order valence-corrected chi connectivity index (χ1v) is 10.3. The zero-order valence-corrected chi connectivity index (χ0v) is 17.7. The zero-order chi connectivity index (χ0) is 20.5. The molecule has 0 bridgehead atoms. The quantitative estimate of drug-likeness (QED) is 0.276. The van der Waals surface area contributed by atoms with Crippen LogP contribution in [0, 0.1) is 0 Å². The fraction of sp³-hybridized carbons (Fsp3) is 0.304. The first kappa shape index (κ1) is 21.1. The highest BCUT2D eigenvalue weighted by molar-refractivity contribution is 6.30. The average Bonchev–Trinajstić information content (AvgIpc) is 3.20. The van der Waals surface area contributed by atoms with Crippen LogP contribution >= 0.6 is 11.6 Å². The van der Waals surface area contributed by atoms with Crippen molar-refractivity contribution < 1.29 is 4.84 Å². The number of hydrogen-bond donors (Lipinski definition) is 0. The van der Waals surface area contributed by atoms with Gasteiger partial charge in [0.1, 0.15) is 6.61 Å². The average molecular weight is 411 g/mol. The number of hydrogen-bond acceptors (Lipinski definition) is 4. The number of likely N-dealkylation sites (N-methyl/N-ethyl adjacent to an activating group) is 1. The van der Waals surface area contributed by atoms with Crippen molar-refractivity contribution in [3.8, 4) is 0 Å². The Bertz CT molecular complexity index is 902. The number of oxime groups is 1. The van der Waals surface area contributed by atoms with Gasteiger partial charge in [-0.2, -0.15) is 0 Å². The van der Waals surface area contributed by atoms with Gasteiger partial charge >= 0.3 is 0 Å². The van der Waals surface area contributed by atoms with Crippen LogP contribution in [-0.2, 0) is 11.4 Å². The van der Waals surface area contributed by atoms with Crippen LogP contribution in [0.1, 0.15) is 30.8 Å². The summed E-state index contributed by atoms with van der Waals surface area (Å²) in [5.74, 6) is 0.763. The summed E-state index contributed by atoms with van der Waals surface area (Å²) in [6.45, 7) is 8.35. The minimum Gasteiger partial charge on any atom is -0.394 e. The molecule has 29 heavy (non-hydrogen) atoms. The summed E-state index contributed by atoms with van der Waals surface area (Å²) in [5, 5.41) is 5.16. The van der Waals surface area contributed by atoms with E-state index >= 15 is 0 Å². The molecule has 0 atom stereocenters. The van der Waals surface area contributed by atoms with E-state index in [4.69, 9.17) is 16.4 Å². The molecule has 0 saturated heterocycles. The molecular weight excluding hydrogens is 384 g/mol. The lowest BCUT2D eigenvalue weighted by Gasteiger charge is -2.17. The Balaban J connectivity index is 1.85. The molecule has 0 N–H and O–H groups in total. The van der Waals surface area contributed by atoms with Gasteiger partial charge in [0.2, 0.25) is 0 Å². The molecule has 0 aliphatic heterocycles. The molecule has 0 aliphatic rings. The van der Waals surface area contributed by atoms with Crippen molar-refractivity contribution in [3.05, 3.63) is 89.0 Å². The fourth-order valence-corrected chi connectivity index (χ4v) is 3.21. The highest BCUT2D eigenvalue weighted by Gasteiger charge is 2.15. The third-order valence-electron chi connectivity index (χ3n) is 4.79. The van der Waals surface area contributed by atoms with Gasteiger partial charge in [0.15, 0.2) is 11.5 Å². The number of halogens is 1. The third kappa shape index (κ3) is 5.92. The number of rotatable bonds is 10. The Morgan fingerprint density at radius 1 is 1.07 bits per heavy atom. The lowest BCUT2D eigenvalue weighted by Crippen LogP contribution is -2.26. The lowest BCUT2D eigenvalue weighted by molar-refractivity contribution is 0.114. The first-order chi connectivity index (χ1) is 14.2. The van der Waals surface area contributed by atoms with Gasteiger partial charge in [-0.1, -0.05) is 73.1 Å². The number of benzene rings is 2. The number of imidazole rings is 1. The summed E-state index contributed by atoms with van der Waals surface area (Å²) < 4.78 is 2.08. The van der Waals surface area contributed by atoms with Gasteiger partial charge in [-0.15, -0.1) is 0 Å². The second-order valence-corrected chi connectivity index (χ2v) is 7.11. The van der Waals surface area contributed by atoms with E-state index < -0.39 is 0 Å². The van der Waals surface area contributed by atoms with Gasteiger partial charge in [-0.05, 0) is 30.8 Å². The normalized spacial score (nSPS) is 11.8. The summed E-state index contributed by atoms with van der Waals surface area (Å²) >= 11 is 6.08. The van der Waals surface area contributed by atoms with Gasteiger partial charge in [-0.25, -0.2) is 4.98 Å². The van der Waals surface area contributed by atoms with Crippen LogP contribution in [0.3, 0.4) is 0 Å². The molecule has 0 saturated carbocycles. The van der Waals surface area contributed by atoms with E-state index in [-0.39, 0.29) is 0 Å². The molecule has 1 aromatic heterocycles. The molecule has 0 fully saturated rings. The van der Waals surface area contributed by atoms with Gasteiger partial charge < -0.3 is 14.3 Å². The molecule has 0 aliphatic carbocycles. The van der Waals surface area contributed by atoms with Crippen LogP contribution in [-0.4, -0.2) is 46.4 Å².